The maximum atomic E-state index is 13.6. The zero-order valence-electron chi connectivity index (χ0n) is 33.8. The van der Waals surface area contributed by atoms with Crippen molar-refractivity contribution in [3.63, 3.8) is 0 Å². The summed E-state index contributed by atoms with van der Waals surface area (Å²) in [6.45, 7) is 19.5. The highest BCUT2D eigenvalue weighted by Gasteiger charge is 2.55. The van der Waals surface area contributed by atoms with Crippen molar-refractivity contribution in [1.82, 2.24) is 4.90 Å². The van der Waals surface area contributed by atoms with E-state index in [-0.39, 0.29) is 19.7 Å². The summed E-state index contributed by atoms with van der Waals surface area (Å²) in [6, 6.07) is 6.79. The van der Waals surface area contributed by atoms with E-state index in [9.17, 15) is 28.8 Å². The Hall–Kier alpha value is -4.24. The Bertz CT molecular complexity index is 1560. The molecule has 0 bridgehead atoms. The number of ether oxygens (including phenoxy) is 5. The standard InChI is InChI=1S/C39H56BNO13/c1-36(2,3)32(44)48-22-25-29(50-33(45)37(4,5)6)31(52-35(47)39(10,11)12)30(51-34(46)38(7,8)9)28(49-25)24-16-14-23(15-17-24)18-19-40-53-26(42)20-41(13)21-27(43)54-40/h14-19,25,28-31H,20-22H2,1-13H3/t25-,28-,29-,30-,31+/m1/s1. The Labute approximate surface area is 318 Å². The molecule has 2 aliphatic heterocycles. The van der Waals surface area contributed by atoms with Crippen LogP contribution < -0.4 is 0 Å². The second-order valence-corrected chi connectivity index (χ2v) is 17.8. The summed E-state index contributed by atoms with van der Waals surface area (Å²) >= 11 is 0. The van der Waals surface area contributed by atoms with E-state index in [1.165, 1.54) is 10.9 Å². The largest absolute Gasteiger partial charge is 0.628 e. The van der Waals surface area contributed by atoms with Gasteiger partial charge in [0, 0.05) is 0 Å². The highest BCUT2D eigenvalue weighted by atomic mass is 16.7. The molecule has 2 saturated heterocycles. The molecule has 2 aliphatic rings. The van der Waals surface area contributed by atoms with Gasteiger partial charge in [-0.25, -0.2) is 0 Å². The van der Waals surface area contributed by atoms with Crippen LogP contribution in [0.25, 0.3) is 6.08 Å². The van der Waals surface area contributed by atoms with Crippen LogP contribution in [-0.4, -0.2) is 99.0 Å². The van der Waals surface area contributed by atoms with Crippen LogP contribution in [0.2, 0.25) is 0 Å². The maximum Gasteiger partial charge on any atom is 0.628 e. The molecule has 1 aromatic carbocycles. The van der Waals surface area contributed by atoms with Crippen LogP contribution >= 0.6 is 0 Å². The molecule has 54 heavy (non-hydrogen) atoms. The molecular weight excluding hydrogens is 701 g/mol. The minimum Gasteiger partial charge on any atom is -0.495 e. The van der Waals surface area contributed by atoms with Crippen LogP contribution in [0.5, 0.6) is 0 Å². The first-order valence-corrected chi connectivity index (χ1v) is 18.0. The second-order valence-electron chi connectivity index (χ2n) is 17.8. The van der Waals surface area contributed by atoms with Gasteiger partial charge < -0.3 is 33.0 Å². The molecule has 298 valence electrons. The molecule has 1 aromatic rings. The van der Waals surface area contributed by atoms with E-state index in [1.807, 2.05) is 0 Å². The lowest BCUT2D eigenvalue weighted by Gasteiger charge is -2.46. The topological polar surface area (TPSA) is 170 Å². The highest BCUT2D eigenvalue weighted by molar-refractivity contribution is 6.55. The molecule has 3 rings (SSSR count). The molecule has 15 heteroatoms. The monoisotopic (exact) mass is 757 g/mol. The second kappa shape index (κ2) is 17.1. The van der Waals surface area contributed by atoms with Gasteiger partial charge in [-0.3, -0.25) is 33.7 Å². The van der Waals surface area contributed by atoms with Crippen molar-refractivity contribution in [2.24, 2.45) is 21.7 Å². The van der Waals surface area contributed by atoms with Gasteiger partial charge in [0.15, 0.2) is 18.3 Å². The quantitative estimate of drug-likeness (QED) is 0.204. The van der Waals surface area contributed by atoms with E-state index in [2.05, 4.69) is 0 Å². The number of hydrogen-bond acceptors (Lipinski definition) is 14. The summed E-state index contributed by atoms with van der Waals surface area (Å²) < 4.78 is 41.1. The van der Waals surface area contributed by atoms with Gasteiger partial charge in [-0.05, 0) is 107 Å². The Morgan fingerprint density at radius 2 is 1.11 bits per heavy atom. The average molecular weight is 758 g/mol. The molecule has 0 saturated carbocycles. The number of hydrogen-bond donors (Lipinski definition) is 0. The summed E-state index contributed by atoms with van der Waals surface area (Å²) in [7, 11) is 0.366. The molecule has 0 radical (unpaired) electrons. The average Bonchev–Trinajstić information content (AvgIpc) is 3.01. The zero-order valence-corrected chi connectivity index (χ0v) is 33.8. The van der Waals surface area contributed by atoms with Crippen LogP contribution in [0.1, 0.15) is 100 Å². The predicted molar refractivity (Wildman–Crippen MR) is 197 cm³/mol. The zero-order chi connectivity index (χ0) is 41.0. The van der Waals surface area contributed by atoms with Gasteiger partial charge in [-0.2, -0.15) is 0 Å². The number of esters is 4. The van der Waals surface area contributed by atoms with Crippen molar-refractivity contribution in [3.05, 3.63) is 41.4 Å². The Morgan fingerprint density at radius 3 is 1.56 bits per heavy atom. The highest BCUT2D eigenvalue weighted by Crippen LogP contribution is 2.40. The number of rotatable bonds is 8. The molecule has 0 spiro atoms. The smallest absolute Gasteiger partial charge is 0.495 e. The van der Waals surface area contributed by atoms with Crippen LogP contribution in [0, 0.1) is 21.7 Å². The van der Waals surface area contributed by atoms with Crippen LogP contribution in [-0.2, 0) is 61.8 Å². The first-order valence-electron chi connectivity index (χ1n) is 18.0. The van der Waals surface area contributed by atoms with Crippen molar-refractivity contribution >= 4 is 49.0 Å². The van der Waals surface area contributed by atoms with Gasteiger partial charge in [-0.1, -0.05) is 30.3 Å². The van der Waals surface area contributed by atoms with Crippen LogP contribution in [0.4, 0.5) is 0 Å². The lowest BCUT2D eigenvalue weighted by Crippen LogP contribution is -2.61. The third kappa shape index (κ3) is 12.4. The van der Waals surface area contributed by atoms with E-state index >= 15 is 0 Å². The lowest BCUT2D eigenvalue weighted by atomic mass is 9.87. The summed E-state index contributed by atoms with van der Waals surface area (Å²) in [4.78, 5) is 79.4. The van der Waals surface area contributed by atoms with Gasteiger partial charge in [0.1, 0.15) is 18.8 Å². The SMILES string of the molecule is CN1CC(=O)OB(C=Cc2ccc([C@H]3O[C@H](COC(=O)C(C)(C)C)[C@@H](OC(=O)C(C)(C)C)[C@H](OC(=O)C(C)(C)C)[C@@H]3OC(=O)C(C)(C)C)cc2)OC(=O)C1. The fraction of sp³-hybridized carbons (Fsp3) is 0.641. The maximum absolute atomic E-state index is 13.6. The predicted octanol–water partition coefficient (Wildman–Crippen LogP) is 4.66. The number of carbonyl (C=O) groups excluding carboxylic acids is 6. The number of likely N-dealkylation sites (N-methyl/N-ethyl adjacent to an activating group) is 1. The molecule has 0 aliphatic carbocycles. The van der Waals surface area contributed by atoms with Crippen molar-refractivity contribution in [1.29, 1.82) is 0 Å². The summed E-state index contributed by atoms with van der Waals surface area (Å²) in [6.07, 6.45) is -4.76. The minimum atomic E-state index is -1.39. The first kappa shape index (κ1) is 44.2. The Balaban J connectivity index is 2.12. The number of benzene rings is 1. The van der Waals surface area contributed by atoms with E-state index in [1.54, 1.807) is 120 Å². The fourth-order valence-corrected chi connectivity index (χ4v) is 4.92. The van der Waals surface area contributed by atoms with Gasteiger partial charge in [0.05, 0.1) is 34.7 Å². The summed E-state index contributed by atoms with van der Waals surface area (Å²) in [5.41, 5.74) is -2.77. The Morgan fingerprint density at radius 1 is 0.685 bits per heavy atom. The normalized spacial score (nSPS) is 23.4. The van der Waals surface area contributed by atoms with Crippen LogP contribution in [0.3, 0.4) is 0 Å². The summed E-state index contributed by atoms with van der Waals surface area (Å²) in [5, 5.41) is 0. The fourth-order valence-electron chi connectivity index (χ4n) is 4.92. The van der Waals surface area contributed by atoms with Crippen molar-refractivity contribution in [2.75, 3.05) is 26.7 Å². The molecule has 0 N–H and O–H groups in total. The third-order valence-corrected chi connectivity index (χ3v) is 8.20. The van der Waals surface area contributed by atoms with Crippen molar-refractivity contribution < 1.29 is 61.8 Å². The molecule has 2 heterocycles. The molecule has 0 unspecified atom stereocenters. The lowest BCUT2D eigenvalue weighted by molar-refractivity contribution is -0.262. The van der Waals surface area contributed by atoms with E-state index in [0.717, 1.165) is 0 Å². The van der Waals surface area contributed by atoms with Gasteiger partial charge in [0.25, 0.3) is 0 Å². The van der Waals surface area contributed by atoms with E-state index < -0.39 is 95.1 Å². The van der Waals surface area contributed by atoms with Crippen molar-refractivity contribution in [2.45, 2.75) is 114 Å². The van der Waals surface area contributed by atoms with Gasteiger partial charge >= 0.3 is 42.9 Å². The van der Waals surface area contributed by atoms with Crippen LogP contribution in [0.15, 0.2) is 30.2 Å². The number of carbonyl (C=O) groups is 6. The van der Waals surface area contributed by atoms with Crippen molar-refractivity contribution in [3.8, 4) is 0 Å². The van der Waals surface area contributed by atoms with E-state index in [0.29, 0.717) is 11.1 Å². The molecule has 2 fully saturated rings. The molecule has 0 amide bonds. The number of nitrogens with zero attached hydrogens (tertiary/aromatic N) is 1. The van der Waals surface area contributed by atoms with E-state index in [4.69, 9.17) is 33.0 Å². The molecule has 14 nitrogen and oxygen atoms in total. The molecule has 0 aromatic heterocycles. The molecular formula is C39H56BNO13. The Kier molecular flexibility index (Phi) is 13.9. The molecule has 5 atom stereocenters. The first-order chi connectivity index (χ1) is 24.7. The van der Waals surface area contributed by atoms with Gasteiger partial charge in [0.2, 0.25) is 0 Å². The third-order valence-electron chi connectivity index (χ3n) is 8.20. The summed E-state index contributed by atoms with van der Waals surface area (Å²) in [5.74, 6) is -2.18. The van der Waals surface area contributed by atoms with Gasteiger partial charge in [-0.15, -0.1) is 0 Å². The minimum absolute atomic E-state index is 0.0742.